The second kappa shape index (κ2) is 7.57. The molecular weight excluding hydrogens is 234 g/mol. The largest absolute Gasteiger partial charge is 0.492 e. The fourth-order valence-corrected chi connectivity index (χ4v) is 1.58. The molecule has 0 saturated carbocycles. The van der Waals surface area contributed by atoms with E-state index < -0.39 is 0 Å². The van der Waals surface area contributed by atoms with Crippen molar-refractivity contribution in [3.63, 3.8) is 0 Å². The monoisotopic (exact) mass is 257 g/mol. The van der Waals surface area contributed by atoms with Crippen molar-refractivity contribution in [2.45, 2.75) is 26.7 Å². The van der Waals surface area contributed by atoms with Gasteiger partial charge >= 0.3 is 0 Å². The predicted molar refractivity (Wildman–Crippen MR) is 76.6 cm³/mol. The summed E-state index contributed by atoms with van der Waals surface area (Å²) in [5, 5.41) is 0. The van der Waals surface area contributed by atoms with Crippen molar-refractivity contribution in [1.29, 1.82) is 0 Å². The molecule has 0 atom stereocenters. The number of hydrogen-bond acceptors (Lipinski definition) is 2. The number of benzene rings is 1. The van der Waals surface area contributed by atoms with E-state index in [0.717, 1.165) is 18.9 Å². The molecule has 0 N–H and O–H groups in total. The third kappa shape index (κ3) is 5.42. The summed E-state index contributed by atoms with van der Waals surface area (Å²) in [4.78, 5) is 2.13. The Hall–Kier alpha value is -0.730. The minimum Gasteiger partial charge on any atom is -0.492 e. The van der Waals surface area contributed by atoms with Crippen molar-refractivity contribution in [1.82, 2.24) is 4.90 Å². The molecule has 0 heterocycles. The third-order valence-corrected chi connectivity index (χ3v) is 2.59. The van der Waals surface area contributed by atoms with Gasteiger partial charge in [-0.15, -0.1) is 12.4 Å². The van der Waals surface area contributed by atoms with Gasteiger partial charge in [-0.25, -0.2) is 0 Å². The second-order valence-corrected chi connectivity index (χ2v) is 4.85. The van der Waals surface area contributed by atoms with E-state index in [4.69, 9.17) is 4.74 Å². The van der Waals surface area contributed by atoms with Crippen LogP contribution in [0.3, 0.4) is 0 Å². The molecule has 98 valence electrons. The number of nitrogens with zero attached hydrogens (tertiary/aromatic N) is 1. The molecule has 0 unspecified atom stereocenters. The van der Waals surface area contributed by atoms with Gasteiger partial charge in [-0.05, 0) is 44.1 Å². The van der Waals surface area contributed by atoms with Crippen LogP contribution < -0.4 is 4.74 Å². The molecule has 17 heavy (non-hydrogen) atoms. The molecular formula is C14H24ClNO. The van der Waals surface area contributed by atoms with Gasteiger partial charge in [0.1, 0.15) is 12.4 Å². The fraction of sp³-hybridized carbons (Fsp3) is 0.571. The molecule has 1 aromatic carbocycles. The van der Waals surface area contributed by atoms with Gasteiger partial charge in [-0.3, -0.25) is 0 Å². The lowest BCUT2D eigenvalue weighted by atomic mass is 10.0. The van der Waals surface area contributed by atoms with Gasteiger partial charge in [0.2, 0.25) is 0 Å². The molecule has 0 radical (unpaired) electrons. The zero-order valence-corrected chi connectivity index (χ0v) is 12.3. The van der Waals surface area contributed by atoms with Gasteiger partial charge in [0.25, 0.3) is 0 Å². The van der Waals surface area contributed by atoms with Gasteiger partial charge in [0.05, 0.1) is 0 Å². The van der Waals surface area contributed by atoms with Crippen LogP contribution in [0.15, 0.2) is 18.2 Å². The molecule has 0 spiro atoms. The Kier molecular flexibility index (Phi) is 7.24. The quantitative estimate of drug-likeness (QED) is 0.801. The highest BCUT2D eigenvalue weighted by Gasteiger charge is 2.07. The van der Waals surface area contributed by atoms with E-state index in [1.54, 1.807) is 0 Å². The van der Waals surface area contributed by atoms with Crippen molar-refractivity contribution in [3.05, 3.63) is 29.3 Å². The van der Waals surface area contributed by atoms with Gasteiger partial charge in [0, 0.05) is 6.54 Å². The van der Waals surface area contributed by atoms with Crippen LogP contribution in [0.25, 0.3) is 0 Å². The van der Waals surface area contributed by atoms with Gasteiger partial charge in [0.15, 0.2) is 0 Å². The van der Waals surface area contributed by atoms with Crippen LogP contribution in [0.5, 0.6) is 5.75 Å². The average Bonchev–Trinajstić information content (AvgIpc) is 2.16. The Morgan fingerprint density at radius 2 is 1.88 bits per heavy atom. The van der Waals surface area contributed by atoms with Crippen LogP contribution >= 0.6 is 12.4 Å². The smallest absolute Gasteiger partial charge is 0.123 e. The fourth-order valence-electron chi connectivity index (χ4n) is 1.58. The lowest BCUT2D eigenvalue weighted by Crippen LogP contribution is -2.19. The number of likely N-dealkylation sites (N-methyl/N-ethyl adjacent to an activating group) is 1. The average molecular weight is 258 g/mol. The highest BCUT2D eigenvalue weighted by Crippen LogP contribution is 2.27. The summed E-state index contributed by atoms with van der Waals surface area (Å²) in [5.41, 5.74) is 2.55. The van der Waals surface area contributed by atoms with Crippen LogP contribution in [0, 0.1) is 6.92 Å². The summed E-state index contributed by atoms with van der Waals surface area (Å²) >= 11 is 0. The van der Waals surface area contributed by atoms with E-state index in [1.807, 2.05) is 0 Å². The number of hydrogen-bond donors (Lipinski definition) is 0. The Morgan fingerprint density at radius 1 is 1.24 bits per heavy atom. The molecule has 0 aliphatic carbocycles. The Bertz CT molecular complexity index is 337. The lowest BCUT2D eigenvalue weighted by Gasteiger charge is -2.16. The van der Waals surface area contributed by atoms with Gasteiger partial charge in [-0.1, -0.05) is 26.0 Å². The van der Waals surface area contributed by atoms with Crippen LogP contribution in [0.2, 0.25) is 0 Å². The SMILES string of the molecule is Cc1ccc(C(C)C)c(OCCN(C)C)c1.Cl. The summed E-state index contributed by atoms with van der Waals surface area (Å²) in [6.07, 6.45) is 0. The molecule has 0 aliphatic heterocycles. The molecule has 0 aromatic heterocycles. The molecule has 2 nitrogen and oxygen atoms in total. The molecule has 1 aromatic rings. The van der Waals surface area contributed by atoms with Crippen molar-refractivity contribution in [3.8, 4) is 5.75 Å². The summed E-state index contributed by atoms with van der Waals surface area (Å²) in [6.45, 7) is 8.19. The number of halogens is 1. The number of rotatable bonds is 5. The first-order valence-electron chi connectivity index (χ1n) is 5.88. The molecule has 1 rings (SSSR count). The number of ether oxygens (including phenoxy) is 1. The van der Waals surface area contributed by atoms with Crippen LogP contribution in [0.4, 0.5) is 0 Å². The normalized spacial score (nSPS) is 10.5. The first kappa shape index (κ1) is 16.3. The lowest BCUT2D eigenvalue weighted by molar-refractivity contribution is 0.259. The Labute approximate surface area is 111 Å². The Morgan fingerprint density at radius 3 is 2.41 bits per heavy atom. The van der Waals surface area contributed by atoms with Gasteiger partial charge < -0.3 is 9.64 Å². The topological polar surface area (TPSA) is 12.5 Å². The first-order chi connectivity index (χ1) is 7.50. The third-order valence-electron chi connectivity index (χ3n) is 2.59. The van der Waals surface area contributed by atoms with E-state index in [2.05, 4.69) is 58.0 Å². The maximum Gasteiger partial charge on any atom is 0.123 e. The highest BCUT2D eigenvalue weighted by atomic mass is 35.5. The van der Waals surface area contributed by atoms with E-state index in [1.165, 1.54) is 11.1 Å². The van der Waals surface area contributed by atoms with Gasteiger partial charge in [-0.2, -0.15) is 0 Å². The maximum absolute atomic E-state index is 5.85. The summed E-state index contributed by atoms with van der Waals surface area (Å²) in [5.74, 6) is 1.55. The molecule has 0 amide bonds. The summed E-state index contributed by atoms with van der Waals surface area (Å²) in [7, 11) is 4.12. The minimum absolute atomic E-state index is 0. The molecule has 0 bridgehead atoms. The predicted octanol–water partition coefficient (Wildman–Crippen LogP) is 3.48. The molecule has 3 heteroatoms. The van der Waals surface area contributed by atoms with E-state index in [-0.39, 0.29) is 12.4 Å². The Balaban J connectivity index is 0.00000256. The minimum atomic E-state index is 0. The zero-order chi connectivity index (χ0) is 12.1. The van der Waals surface area contributed by atoms with Crippen LogP contribution in [-0.2, 0) is 0 Å². The van der Waals surface area contributed by atoms with Crippen molar-refractivity contribution in [2.75, 3.05) is 27.2 Å². The standard InChI is InChI=1S/C14H23NO.ClH/c1-11(2)13-7-6-12(3)10-14(13)16-9-8-15(4)5;/h6-7,10-11H,8-9H2,1-5H3;1H. The zero-order valence-electron chi connectivity index (χ0n) is 11.5. The highest BCUT2D eigenvalue weighted by molar-refractivity contribution is 5.85. The first-order valence-corrected chi connectivity index (χ1v) is 5.88. The van der Waals surface area contributed by atoms with E-state index >= 15 is 0 Å². The maximum atomic E-state index is 5.85. The van der Waals surface area contributed by atoms with Crippen molar-refractivity contribution in [2.24, 2.45) is 0 Å². The molecule has 0 fully saturated rings. The summed E-state index contributed by atoms with van der Waals surface area (Å²) < 4.78 is 5.85. The van der Waals surface area contributed by atoms with Crippen LogP contribution in [0.1, 0.15) is 30.9 Å². The molecule has 0 aliphatic rings. The van der Waals surface area contributed by atoms with Crippen LogP contribution in [-0.4, -0.2) is 32.1 Å². The second-order valence-electron chi connectivity index (χ2n) is 4.85. The van der Waals surface area contributed by atoms with Crippen molar-refractivity contribution < 1.29 is 4.74 Å². The summed E-state index contributed by atoms with van der Waals surface area (Å²) in [6, 6.07) is 6.45. The van der Waals surface area contributed by atoms with Crippen molar-refractivity contribution >= 4 is 12.4 Å². The molecule has 0 saturated heterocycles. The number of aryl methyl sites for hydroxylation is 1. The van der Waals surface area contributed by atoms with E-state index in [9.17, 15) is 0 Å². The van der Waals surface area contributed by atoms with E-state index in [0.29, 0.717) is 5.92 Å².